The lowest BCUT2D eigenvalue weighted by Gasteiger charge is -2.06. The van der Waals surface area contributed by atoms with Crippen LogP contribution in [0.2, 0.25) is 0 Å². The third-order valence-corrected chi connectivity index (χ3v) is 4.53. The van der Waals surface area contributed by atoms with E-state index in [1.54, 1.807) is 19.1 Å². The number of hydrogen-bond donors (Lipinski definition) is 0. The molecule has 1 aromatic carbocycles. The molecular formula is C11H14O3S. The zero-order valence-corrected chi connectivity index (χ0v) is 9.67. The van der Waals surface area contributed by atoms with Crippen LogP contribution >= 0.6 is 0 Å². The predicted molar refractivity (Wildman–Crippen MR) is 57.5 cm³/mol. The quantitative estimate of drug-likeness (QED) is 0.737. The van der Waals surface area contributed by atoms with E-state index in [9.17, 15) is 8.42 Å². The molecule has 2 rings (SSSR count). The van der Waals surface area contributed by atoms with Crippen LogP contribution < -0.4 is 0 Å². The normalized spacial score (nSPS) is 25.2. The Bertz CT molecular complexity index is 455. The van der Waals surface area contributed by atoms with Crippen molar-refractivity contribution in [3.63, 3.8) is 0 Å². The van der Waals surface area contributed by atoms with E-state index in [0.29, 0.717) is 11.5 Å². The molecule has 15 heavy (non-hydrogen) atoms. The molecule has 0 aliphatic carbocycles. The number of benzene rings is 1. The highest BCUT2D eigenvalue weighted by Crippen LogP contribution is 2.37. The van der Waals surface area contributed by atoms with Gasteiger partial charge in [-0.3, -0.25) is 0 Å². The first-order valence-electron chi connectivity index (χ1n) is 4.95. The minimum Gasteiger partial charge on any atom is -0.365 e. The molecule has 1 unspecified atom stereocenters. The number of epoxide rings is 1. The molecule has 0 amide bonds. The van der Waals surface area contributed by atoms with E-state index >= 15 is 0 Å². The van der Waals surface area contributed by atoms with Crippen LogP contribution in [0.15, 0.2) is 29.2 Å². The van der Waals surface area contributed by atoms with Crippen LogP contribution in [0.4, 0.5) is 0 Å². The maximum absolute atomic E-state index is 11.5. The van der Waals surface area contributed by atoms with Crippen LogP contribution in [0.3, 0.4) is 0 Å². The minimum atomic E-state index is -3.08. The highest BCUT2D eigenvalue weighted by atomic mass is 32.2. The van der Waals surface area contributed by atoms with Crippen LogP contribution in [-0.4, -0.2) is 20.8 Å². The number of sulfone groups is 1. The van der Waals surface area contributed by atoms with E-state index in [0.717, 1.165) is 5.56 Å². The summed E-state index contributed by atoms with van der Waals surface area (Å²) in [4.78, 5) is 0.387. The van der Waals surface area contributed by atoms with Gasteiger partial charge in [0, 0.05) is 0 Å². The van der Waals surface area contributed by atoms with Crippen molar-refractivity contribution >= 4 is 9.84 Å². The van der Waals surface area contributed by atoms with E-state index in [2.05, 4.69) is 0 Å². The number of hydrogen-bond acceptors (Lipinski definition) is 3. The van der Waals surface area contributed by atoms with E-state index in [1.807, 2.05) is 19.1 Å². The monoisotopic (exact) mass is 226 g/mol. The summed E-state index contributed by atoms with van der Waals surface area (Å²) in [6, 6.07) is 6.97. The Morgan fingerprint density at radius 2 is 1.87 bits per heavy atom. The van der Waals surface area contributed by atoms with Gasteiger partial charge in [-0.25, -0.2) is 8.42 Å². The van der Waals surface area contributed by atoms with Crippen molar-refractivity contribution in [2.45, 2.75) is 24.3 Å². The van der Waals surface area contributed by atoms with Crippen LogP contribution in [0.5, 0.6) is 0 Å². The molecule has 4 heteroatoms. The largest absolute Gasteiger partial charge is 0.365 e. The molecule has 82 valence electrons. The van der Waals surface area contributed by atoms with Crippen molar-refractivity contribution in [2.75, 3.05) is 12.4 Å². The zero-order chi connectivity index (χ0) is 11.1. The molecule has 0 radical (unpaired) electrons. The van der Waals surface area contributed by atoms with Crippen LogP contribution in [0.1, 0.15) is 19.4 Å². The van der Waals surface area contributed by atoms with Crippen LogP contribution in [0, 0.1) is 0 Å². The van der Waals surface area contributed by atoms with E-state index < -0.39 is 9.84 Å². The highest BCUT2D eigenvalue weighted by molar-refractivity contribution is 7.91. The van der Waals surface area contributed by atoms with Crippen molar-refractivity contribution < 1.29 is 13.2 Å². The summed E-state index contributed by atoms with van der Waals surface area (Å²) < 4.78 is 28.4. The van der Waals surface area contributed by atoms with Gasteiger partial charge in [0.2, 0.25) is 0 Å². The second kappa shape index (κ2) is 3.32. The third-order valence-electron chi connectivity index (χ3n) is 2.78. The number of rotatable bonds is 3. The molecule has 1 aliphatic rings. The van der Waals surface area contributed by atoms with Gasteiger partial charge in [-0.2, -0.15) is 0 Å². The van der Waals surface area contributed by atoms with E-state index in [-0.39, 0.29) is 11.4 Å². The molecule has 0 spiro atoms. The lowest BCUT2D eigenvalue weighted by Crippen LogP contribution is -2.06. The fraction of sp³-hybridized carbons (Fsp3) is 0.455. The second-order valence-electron chi connectivity index (χ2n) is 3.95. The molecule has 1 aromatic rings. The predicted octanol–water partition coefficient (Wildman–Crippen LogP) is 1.73. The summed E-state index contributed by atoms with van der Waals surface area (Å²) in [5, 5.41) is 0. The summed E-state index contributed by atoms with van der Waals surface area (Å²) in [7, 11) is -3.08. The van der Waals surface area contributed by atoms with Gasteiger partial charge >= 0.3 is 0 Å². The van der Waals surface area contributed by atoms with E-state index in [1.165, 1.54) is 0 Å². The van der Waals surface area contributed by atoms with Crippen molar-refractivity contribution in [3.05, 3.63) is 29.8 Å². The number of ether oxygens (including phenoxy) is 1. The highest BCUT2D eigenvalue weighted by Gasteiger charge is 2.41. The fourth-order valence-corrected chi connectivity index (χ4v) is 2.34. The third kappa shape index (κ3) is 1.92. The average Bonchev–Trinajstić information content (AvgIpc) is 2.98. The molecule has 0 saturated carbocycles. The first-order valence-corrected chi connectivity index (χ1v) is 6.60. The first-order chi connectivity index (χ1) is 6.98. The Hall–Kier alpha value is -0.870. The van der Waals surface area contributed by atoms with Crippen LogP contribution in [0.25, 0.3) is 0 Å². The molecule has 1 saturated heterocycles. The summed E-state index contributed by atoms with van der Waals surface area (Å²) in [5.41, 5.74) is 0.853. The summed E-state index contributed by atoms with van der Waals surface area (Å²) in [5.74, 6) is 0.139. The molecule has 1 heterocycles. The Morgan fingerprint density at radius 1 is 1.33 bits per heavy atom. The lowest BCUT2D eigenvalue weighted by molar-refractivity contribution is 0.329. The maximum Gasteiger partial charge on any atom is 0.178 e. The van der Waals surface area contributed by atoms with Gasteiger partial charge in [-0.1, -0.05) is 19.1 Å². The lowest BCUT2D eigenvalue weighted by atomic mass is 10.0. The van der Waals surface area contributed by atoms with Gasteiger partial charge in [-0.05, 0) is 24.6 Å². The van der Waals surface area contributed by atoms with Gasteiger partial charge in [0.25, 0.3) is 0 Å². The molecule has 1 atom stereocenters. The van der Waals surface area contributed by atoms with Crippen LogP contribution in [-0.2, 0) is 20.2 Å². The fourth-order valence-electron chi connectivity index (χ4n) is 1.46. The van der Waals surface area contributed by atoms with Gasteiger partial charge in [0.1, 0.15) is 5.60 Å². The van der Waals surface area contributed by atoms with E-state index in [4.69, 9.17) is 4.74 Å². The van der Waals surface area contributed by atoms with Gasteiger partial charge < -0.3 is 4.74 Å². The van der Waals surface area contributed by atoms with Gasteiger partial charge in [0.05, 0.1) is 17.3 Å². The van der Waals surface area contributed by atoms with Crippen molar-refractivity contribution in [1.29, 1.82) is 0 Å². The molecule has 0 N–H and O–H groups in total. The summed E-state index contributed by atoms with van der Waals surface area (Å²) in [6.45, 7) is 4.36. The average molecular weight is 226 g/mol. The Balaban J connectivity index is 2.33. The maximum atomic E-state index is 11.5. The summed E-state index contributed by atoms with van der Waals surface area (Å²) in [6.07, 6.45) is 0. The Labute approximate surface area is 90.0 Å². The SMILES string of the molecule is CCS(=O)(=O)c1ccc(C2(C)CO2)cc1. The summed E-state index contributed by atoms with van der Waals surface area (Å²) >= 11 is 0. The van der Waals surface area contributed by atoms with Crippen molar-refractivity contribution in [1.82, 2.24) is 0 Å². The molecular weight excluding hydrogens is 212 g/mol. The standard InChI is InChI=1S/C11H14O3S/c1-3-15(12,13)10-6-4-9(5-7-10)11(2)8-14-11/h4-7H,3,8H2,1-2H3. The smallest absolute Gasteiger partial charge is 0.178 e. The first kappa shape index (κ1) is 10.6. The molecule has 3 nitrogen and oxygen atoms in total. The topological polar surface area (TPSA) is 46.7 Å². The molecule has 1 aliphatic heterocycles. The zero-order valence-electron chi connectivity index (χ0n) is 8.86. The van der Waals surface area contributed by atoms with Crippen molar-refractivity contribution in [2.24, 2.45) is 0 Å². The van der Waals surface area contributed by atoms with Crippen molar-refractivity contribution in [3.8, 4) is 0 Å². The Kier molecular flexibility index (Phi) is 2.35. The minimum absolute atomic E-state index is 0.139. The Morgan fingerprint density at radius 3 is 2.27 bits per heavy atom. The van der Waals surface area contributed by atoms with Gasteiger partial charge in [-0.15, -0.1) is 0 Å². The van der Waals surface area contributed by atoms with Gasteiger partial charge in [0.15, 0.2) is 9.84 Å². The molecule has 0 bridgehead atoms. The second-order valence-corrected chi connectivity index (χ2v) is 6.23. The molecule has 1 fully saturated rings. The molecule has 0 aromatic heterocycles.